The summed E-state index contributed by atoms with van der Waals surface area (Å²) >= 11 is 0. The van der Waals surface area contributed by atoms with Crippen LogP contribution in [0.2, 0.25) is 0 Å². The van der Waals surface area contributed by atoms with Crippen molar-refractivity contribution in [3.05, 3.63) is 0 Å². The zero-order valence-electron chi connectivity index (χ0n) is 5.72. The van der Waals surface area contributed by atoms with Crippen molar-refractivity contribution in [2.75, 3.05) is 6.61 Å². The fourth-order valence-electron chi connectivity index (χ4n) is 0.402. The smallest absolute Gasteiger partial charge is 0.0802 e. The molecule has 2 atom stereocenters. The highest BCUT2D eigenvalue weighted by Gasteiger charge is 2.05. The van der Waals surface area contributed by atoms with E-state index in [-0.39, 0.29) is 12.2 Å². The van der Waals surface area contributed by atoms with Gasteiger partial charge in [-0.1, -0.05) is 0 Å². The van der Waals surface area contributed by atoms with Gasteiger partial charge in [0, 0.05) is 6.61 Å². The number of rotatable bonds is 3. The number of ether oxygens (including phenoxy) is 1. The molecule has 0 aromatic carbocycles. The van der Waals surface area contributed by atoms with Gasteiger partial charge in [-0.2, -0.15) is 0 Å². The molecule has 0 heterocycles. The van der Waals surface area contributed by atoms with Gasteiger partial charge in [-0.25, -0.2) is 0 Å². The van der Waals surface area contributed by atoms with Crippen molar-refractivity contribution in [2.45, 2.75) is 33.0 Å². The summed E-state index contributed by atoms with van der Waals surface area (Å²) in [7, 11) is 0. The summed E-state index contributed by atoms with van der Waals surface area (Å²) in [5.74, 6) is 0. The van der Waals surface area contributed by atoms with Crippen molar-refractivity contribution in [1.82, 2.24) is 0 Å². The van der Waals surface area contributed by atoms with Crippen LogP contribution >= 0.6 is 0 Å². The number of hydrogen-bond acceptors (Lipinski definition) is 2. The average molecular weight is 118 g/mol. The van der Waals surface area contributed by atoms with Crippen LogP contribution in [0.4, 0.5) is 0 Å². The molecule has 0 amide bonds. The van der Waals surface area contributed by atoms with Crippen LogP contribution in [-0.2, 0) is 4.74 Å². The zero-order valence-corrected chi connectivity index (χ0v) is 5.72. The highest BCUT2D eigenvalue weighted by Crippen LogP contribution is 1.95. The summed E-state index contributed by atoms with van der Waals surface area (Å²) in [4.78, 5) is 0. The van der Waals surface area contributed by atoms with Gasteiger partial charge in [0.15, 0.2) is 0 Å². The van der Waals surface area contributed by atoms with Gasteiger partial charge in [0.2, 0.25) is 0 Å². The lowest BCUT2D eigenvalue weighted by atomic mass is 10.3. The van der Waals surface area contributed by atoms with Crippen LogP contribution in [0.25, 0.3) is 0 Å². The Bertz CT molecular complexity index is 52.5. The molecule has 0 radical (unpaired) electrons. The van der Waals surface area contributed by atoms with Crippen LogP contribution in [0.15, 0.2) is 0 Å². The Morgan fingerprint density at radius 3 is 2.12 bits per heavy atom. The van der Waals surface area contributed by atoms with Crippen molar-refractivity contribution in [3.8, 4) is 0 Å². The maximum absolute atomic E-state index is 8.83. The Balaban J connectivity index is 3.17. The molecule has 0 unspecified atom stereocenters. The lowest BCUT2D eigenvalue weighted by Crippen LogP contribution is -2.22. The molecule has 0 saturated heterocycles. The van der Waals surface area contributed by atoms with Crippen LogP contribution < -0.4 is 0 Å². The van der Waals surface area contributed by atoms with Crippen LogP contribution in [0, 0.1) is 0 Å². The van der Waals surface area contributed by atoms with Crippen LogP contribution in [-0.4, -0.2) is 23.9 Å². The van der Waals surface area contributed by atoms with E-state index in [0.29, 0.717) is 6.61 Å². The van der Waals surface area contributed by atoms with Crippen molar-refractivity contribution in [2.24, 2.45) is 0 Å². The summed E-state index contributed by atoms with van der Waals surface area (Å²) < 4.78 is 5.05. The molecule has 50 valence electrons. The molecule has 0 rings (SSSR count). The molecular formula is C6H14O2. The number of aliphatic hydroxyl groups is 1. The maximum Gasteiger partial charge on any atom is 0.0802 e. The third kappa shape index (κ3) is 2.99. The van der Waals surface area contributed by atoms with Crippen molar-refractivity contribution < 1.29 is 9.84 Å². The van der Waals surface area contributed by atoms with E-state index in [9.17, 15) is 0 Å². The van der Waals surface area contributed by atoms with Crippen LogP contribution in [0.3, 0.4) is 0 Å². The molecule has 0 spiro atoms. The highest BCUT2D eigenvalue weighted by atomic mass is 16.5. The first-order valence-corrected chi connectivity index (χ1v) is 2.98. The van der Waals surface area contributed by atoms with E-state index in [2.05, 4.69) is 0 Å². The van der Waals surface area contributed by atoms with Gasteiger partial charge < -0.3 is 9.84 Å². The highest BCUT2D eigenvalue weighted by molar-refractivity contribution is 4.55. The van der Waals surface area contributed by atoms with E-state index >= 15 is 0 Å². The van der Waals surface area contributed by atoms with E-state index in [4.69, 9.17) is 9.84 Å². The summed E-state index contributed by atoms with van der Waals surface area (Å²) in [5.41, 5.74) is 0. The molecule has 0 aliphatic rings. The Morgan fingerprint density at radius 2 is 2.00 bits per heavy atom. The first-order chi connectivity index (χ1) is 3.68. The lowest BCUT2D eigenvalue weighted by Gasteiger charge is -2.13. The molecule has 0 aliphatic heterocycles. The molecule has 2 nitrogen and oxygen atoms in total. The third-order valence-corrected chi connectivity index (χ3v) is 1.11. The SMILES string of the molecule is CCO[C@@H](C)[C@H](C)O. The van der Waals surface area contributed by atoms with Gasteiger partial charge in [0.25, 0.3) is 0 Å². The molecular weight excluding hydrogens is 104 g/mol. The zero-order chi connectivity index (χ0) is 6.57. The summed E-state index contributed by atoms with van der Waals surface area (Å²) in [6, 6.07) is 0. The molecule has 0 bridgehead atoms. The minimum Gasteiger partial charge on any atom is -0.391 e. The lowest BCUT2D eigenvalue weighted by molar-refractivity contribution is -0.0125. The monoisotopic (exact) mass is 118 g/mol. The second-order valence-corrected chi connectivity index (χ2v) is 1.90. The maximum atomic E-state index is 8.83. The van der Waals surface area contributed by atoms with Gasteiger partial charge in [0.1, 0.15) is 0 Å². The summed E-state index contributed by atoms with van der Waals surface area (Å²) in [6.07, 6.45) is -0.380. The quantitative estimate of drug-likeness (QED) is 0.593. The summed E-state index contributed by atoms with van der Waals surface area (Å²) in [6.45, 7) is 6.17. The standard InChI is InChI=1S/C6H14O2/c1-4-8-6(3)5(2)7/h5-7H,4H2,1-3H3/t5-,6-/m0/s1. The second kappa shape index (κ2) is 3.87. The fraction of sp³-hybridized carbons (Fsp3) is 1.00. The molecule has 0 aromatic rings. The normalized spacial score (nSPS) is 18.0. The summed E-state index contributed by atoms with van der Waals surface area (Å²) in [5, 5.41) is 8.83. The first kappa shape index (κ1) is 7.92. The van der Waals surface area contributed by atoms with E-state index in [0.717, 1.165) is 0 Å². The van der Waals surface area contributed by atoms with Crippen LogP contribution in [0.1, 0.15) is 20.8 Å². The van der Waals surface area contributed by atoms with Crippen LogP contribution in [0.5, 0.6) is 0 Å². The van der Waals surface area contributed by atoms with Crippen molar-refractivity contribution >= 4 is 0 Å². The molecule has 0 aliphatic carbocycles. The van der Waals surface area contributed by atoms with Crippen molar-refractivity contribution in [1.29, 1.82) is 0 Å². The Kier molecular flexibility index (Phi) is 3.83. The Labute approximate surface area is 50.5 Å². The topological polar surface area (TPSA) is 29.5 Å². The van der Waals surface area contributed by atoms with Gasteiger partial charge >= 0.3 is 0 Å². The van der Waals surface area contributed by atoms with Gasteiger partial charge in [-0.05, 0) is 20.8 Å². The molecule has 1 N–H and O–H groups in total. The average Bonchev–Trinajstić information content (AvgIpc) is 1.67. The van der Waals surface area contributed by atoms with Crippen molar-refractivity contribution in [3.63, 3.8) is 0 Å². The third-order valence-electron chi connectivity index (χ3n) is 1.11. The van der Waals surface area contributed by atoms with E-state index in [1.54, 1.807) is 6.92 Å². The predicted molar refractivity (Wildman–Crippen MR) is 32.8 cm³/mol. The Morgan fingerprint density at radius 1 is 1.50 bits per heavy atom. The van der Waals surface area contributed by atoms with Gasteiger partial charge in [0.05, 0.1) is 12.2 Å². The molecule has 8 heavy (non-hydrogen) atoms. The van der Waals surface area contributed by atoms with E-state index in [1.807, 2.05) is 13.8 Å². The number of aliphatic hydroxyl groups excluding tert-OH is 1. The first-order valence-electron chi connectivity index (χ1n) is 2.98. The number of hydrogen-bond donors (Lipinski definition) is 1. The molecule has 0 saturated carbocycles. The minimum absolute atomic E-state index is 0.0278. The predicted octanol–water partition coefficient (Wildman–Crippen LogP) is 0.792. The largest absolute Gasteiger partial charge is 0.391 e. The molecule has 2 heteroatoms. The Hall–Kier alpha value is -0.0800. The fourth-order valence-corrected chi connectivity index (χ4v) is 0.402. The molecule has 0 fully saturated rings. The minimum atomic E-state index is -0.352. The van der Waals surface area contributed by atoms with Gasteiger partial charge in [-0.15, -0.1) is 0 Å². The molecule has 0 aromatic heterocycles. The van der Waals surface area contributed by atoms with Gasteiger partial charge in [-0.3, -0.25) is 0 Å². The van der Waals surface area contributed by atoms with E-state index < -0.39 is 0 Å². The van der Waals surface area contributed by atoms with E-state index in [1.165, 1.54) is 0 Å². The second-order valence-electron chi connectivity index (χ2n) is 1.90.